The van der Waals surface area contributed by atoms with Crippen molar-refractivity contribution in [3.8, 4) is 0 Å². The normalized spacial score (nSPS) is 12.9. The largest absolute Gasteiger partial charge is 0.416 e. The Balaban J connectivity index is 3.06. The van der Waals surface area contributed by atoms with Crippen LogP contribution in [0.2, 0.25) is 0 Å². The molecule has 1 atom stereocenters. The van der Waals surface area contributed by atoms with Crippen molar-refractivity contribution in [2.45, 2.75) is 25.6 Å². The Labute approximate surface area is 121 Å². The van der Waals surface area contributed by atoms with Crippen molar-refractivity contribution in [3.05, 3.63) is 29.3 Å². The molecular weight excluding hydrogens is 285 g/mol. The lowest BCUT2D eigenvalue weighted by atomic mass is 10.1. The molecule has 1 aromatic rings. The first-order valence-electron chi connectivity index (χ1n) is 6.52. The van der Waals surface area contributed by atoms with E-state index in [1.165, 1.54) is 13.2 Å². The Morgan fingerprint density at radius 2 is 2.05 bits per heavy atom. The zero-order valence-corrected chi connectivity index (χ0v) is 12.2. The molecule has 0 spiro atoms. The molecule has 21 heavy (non-hydrogen) atoms. The molecule has 0 radical (unpaired) electrons. The van der Waals surface area contributed by atoms with Gasteiger partial charge in [-0.05, 0) is 24.6 Å². The van der Waals surface area contributed by atoms with Crippen LogP contribution in [0.15, 0.2) is 18.2 Å². The number of methoxy groups -OCH3 is 1. The fourth-order valence-electron chi connectivity index (χ4n) is 1.85. The van der Waals surface area contributed by atoms with Gasteiger partial charge >= 0.3 is 6.18 Å². The third-order valence-corrected chi connectivity index (χ3v) is 3.06. The molecule has 0 aliphatic heterocycles. The molecule has 0 bridgehead atoms. The summed E-state index contributed by atoms with van der Waals surface area (Å²) in [6.45, 7) is 2.16. The van der Waals surface area contributed by atoms with Crippen LogP contribution in [0.3, 0.4) is 0 Å². The van der Waals surface area contributed by atoms with E-state index < -0.39 is 17.6 Å². The lowest BCUT2D eigenvalue weighted by molar-refractivity contribution is -0.137. The van der Waals surface area contributed by atoms with Crippen molar-refractivity contribution in [1.29, 1.82) is 0 Å². The van der Waals surface area contributed by atoms with Crippen molar-refractivity contribution in [3.63, 3.8) is 0 Å². The third kappa shape index (κ3) is 4.63. The van der Waals surface area contributed by atoms with Crippen molar-refractivity contribution >= 4 is 11.6 Å². The van der Waals surface area contributed by atoms with Crippen LogP contribution in [0.1, 0.15) is 29.3 Å². The lowest BCUT2D eigenvalue weighted by Gasteiger charge is -2.18. The molecule has 1 aromatic carbocycles. The van der Waals surface area contributed by atoms with Gasteiger partial charge in [0.05, 0.1) is 23.8 Å². The maximum Gasteiger partial charge on any atom is 0.416 e. The van der Waals surface area contributed by atoms with Crippen LogP contribution in [0.4, 0.5) is 18.9 Å². The van der Waals surface area contributed by atoms with Crippen LogP contribution in [-0.2, 0) is 10.9 Å². The Bertz CT molecular complexity index is 490. The van der Waals surface area contributed by atoms with Crippen molar-refractivity contribution in [2.24, 2.45) is 0 Å². The first-order chi connectivity index (χ1) is 9.83. The predicted octanol–water partition coefficient (Wildman–Crippen LogP) is 2.90. The molecule has 0 aromatic heterocycles. The molecular formula is C14H19F3N2O2. The van der Waals surface area contributed by atoms with E-state index in [0.29, 0.717) is 18.7 Å². The zero-order valence-electron chi connectivity index (χ0n) is 12.2. The fraction of sp³-hybridized carbons (Fsp3) is 0.500. The van der Waals surface area contributed by atoms with E-state index in [4.69, 9.17) is 4.74 Å². The second kappa shape index (κ2) is 7.31. The number of carbonyl (C=O) groups is 1. The highest BCUT2D eigenvalue weighted by atomic mass is 19.4. The molecule has 1 amide bonds. The molecule has 1 unspecified atom stereocenters. The average Bonchev–Trinajstić information content (AvgIpc) is 2.44. The number of nitrogens with one attached hydrogen (secondary N) is 2. The summed E-state index contributed by atoms with van der Waals surface area (Å²) in [6, 6.07) is 2.78. The maximum atomic E-state index is 12.7. The lowest BCUT2D eigenvalue weighted by Crippen LogP contribution is -2.37. The fourth-order valence-corrected chi connectivity index (χ4v) is 1.85. The Hall–Kier alpha value is -1.76. The monoisotopic (exact) mass is 304 g/mol. The van der Waals surface area contributed by atoms with E-state index in [0.717, 1.165) is 12.1 Å². The SMILES string of the molecule is CCC(COC)NC(=O)c1cc(C(F)(F)F)ccc1NC. The number of halogens is 3. The molecule has 0 saturated carbocycles. The minimum Gasteiger partial charge on any atom is -0.387 e. The highest BCUT2D eigenvalue weighted by Crippen LogP contribution is 2.31. The Morgan fingerprint density at radius 3 is 2.52 bits per heavy atom. The molecule has 2 N–H and O–H groups in total. The van der Waals surface area contributed by atoms with Gasteiger partial charge in [-0.2, -0.15) is 13.2 Å². The van der Waals surface area contributed by atoms with Gasteiger partial charge in [0.25, 0.3) is 5.91 Å². The third-order valence-electron chi connectivity index (χ3n) is 3.06. The molecule has 118 valence electrons. The highest BCUT2D eigenvalue weighted by molar-refractivity contribution is 6.00. The summed E-state index contributed by atoms with van der Waals surface area (Å²) >= 11 is 0. The van der Waals surface area contributed by atoms with E-state index in [-0.39, 0.29) is 11.6 Å². The Morgan fingerprint density at radius 1 is 1.38 bits per heavy atom. The van der Waals surface area contributed by atoms with Gasteiger partial charge in [-0.25, -0.2) is 0 Å². The first kappa shape index (κ1) is 17.3. The molecule has 4 nitrogen and oxygen atoms in total. The number of hydrogen-bond acceptors (Lipinski definition) is 3. The maximum absolute atomic E-state index is 12.7. The summed E-state index contributed by atoms with van der Waals surface area (Å²) in [7, 11) is 3.05. The Kier molecular flexibility index (Phi) is 6.02. The summed E-state index contributed by atoms with van der Waals surface area (Å²) in [5, 5.41) is 5.38. The van der Waals surface area contributed by atoms with E-state index >= 15 is 0 Å². The van der Waals surface area contributed by atoms with E-state index in [2.05, 4.69) is 10.6 Å². The number of carbonyl (C=O) groups excluding carboxylic acids is 1. The molecule has 0 aliphatic carbocycles. The van der Waals surface area contributed by atoms with Crippen molar-refractivity contribution < 1.29 is 22.7 Å². The second-order valence-electron chi connectivity index (χ2n) is 4.54. The van der Waals surface area contributed by atoms with Crippen LogP contribution in [0.25, 0.3) is 0 Å². The zero-order chi connectivity index (χ0) is 16.0. The number of ether oxygens (including phenoxy) is 1. The summed E-state index contributed by atoms with van der Waals surface area (Å²) in [4.78, 5) is 12.2. The molecule has 0 saturated heterocycles. The standard InChI is InChI=1S/C14H19F3N2O2/c1-4-10(8-21-3)19-13(20)11-7-9(14(15,16)17)5-6-12(11)18-2/h5-7,10,18H,4,8H2,1-3H3,(H,19,20). The summed E-state index contributed by atoms with van der Waals surface area (Å²) in [6.07, 6.45) is -3.87. The van der Waals surface area contributed by atoms with Gasteiger partial charge in [0, 0.05) is 19.8 Å². The van der Waals surface area contributed by atoms with Gasteiger partial charge in [-0.1, -0.05) is 6.92 Å². The second-order valence-corrected chi connectivity index (χ2v) is 4.54. The smallest absolute Gasteiger partial charge is 0.387 e. The van der Waals surface area contributed by atoms with Gasteiger partial charge in [0.1, 0.15) is 0 Å². The summed E-state index contributed by atoms with van der Waals surface area (Å²) in [5.74, 6) is -0.561. The van der Waals surface area contributed by atoms with Crippen LogP contribution >= 0.6 is 0 Å². The van der Waals surface area contributed by atoms with Crippen LogP contribution in [0.5, 0.6) is 0 Å². The number of hydrogen-bond donors (Lipinski definition) is 2. The predicted molar refractivity (Wildman–Crippen MR) is 74.4 cm³/mol. The van der Waals surface area contributed by atoms with Gasteiger partial charge in [0.2, 0.25) is 0 Å². The van der Waals surface area contributed by atoms with Gasteiger partial charge in [-0.3, -0.25) is 4.79 Å². The van der Waals surface area contributed by atoms with Crippen LogP contribution < -0.4 is 10.6 Å². The minimum atomic E-state index is -4.49. The van der Waals surface area contributed by atoms with Crippen molar-refractivity contribution in [1.82, 2.24) is 5.32 Å². The van der Waals surface area contributed by atoms with Gasteiger partial charge < -0.3 is 15.4 Å². The first-order valence-corrected chi connectivity index (χ1v) is 6.52. The van der Waals surface area contributed by atoms with Crippen LogP contribution in [0, 0.1) is 0 Å². The molecule has 0 aliphatic rings. The van der Waals surface area contributed by atoms with Gasteiger partial charge in [0.15, 0.2) is 0 Å². The summed E-state index contributed by atoms with van der Waals surface area (Å²) in [5.41, 5.74) is -0.555. The number of rotatable bonds is 6. The molecule has 7 heteroatoms. The van der Waals surface area contributed by atoms with Gasteiger partial charge in [-0.15, -0.1) is 0 Å². The molecule has 0 fully saturated rings. The van der Waals surface area contributed by atoms with E-state index in [9.17, 15) is 18.0 Å². The number of benzene rings is 1. The number of amides is 1. The minimum absolute atomic E-state index is 0.0399. The highest BCUT2D eigenvalue weighted by Gasteiger charge is 2.31. The topological polar surface area (TPSA) is 50.4 Å². The molecule has 0 heterocycles. The quantitative estimate of drug-likeness (QED) is 0.849. The summed E-state index contributed by atoms with van der Waals surface area (Å²) < 4.78 is 43.2. The number of anilines is 1. The van der Waals surface area contributed by atoms with E-state index in [1.54, 1.807) is 7.05 Å². The van der Waals surface area contributed by atoms with Crippen LogP contribution in [-0.4, -0.2) is 32.7 Å². The van der Waals surface area contributed by atoms with E-state index in [1.807, 2.05) is 6.92 Å². The number of alkyl halides is 3. The average molecular weight is 304 g/mol. The molecule has 1 rings (SSSR count). The van der Waals surface area contributed by atoms with Crippen molar-refractivity contribution in [2.75, 3.05) is 26.1 Å².